The van der Waals surface area contributed by atoms with Gasteiger partial charge in [-0.3, -0.25) is 0 Å². The van der Waals surface area contributed by atoms with Crippen molar-refractivity contribution in [1.82, 2.24) is 0 Å². The quantitative estimate of drug-likeness (QED) is 0.688. The van der Waals surface area contributed by atoms with E-state index in [9.17, 15) is 0 Å². The molecule has 3 aromatic rings. The molecule has 0 heterocycles. The van der Waals surface area contributed by atoms with E-state index in [1.807, 2.05) is 12.1 Å². The minimum atomic E-state index is 0.885. The topological polar surface area (TPSA) is 26.0 Å². The standard InChI is InChI=1S/C21H21N/c1-16-12-13-21(22)20(15-18-10-6-3-7-11-18)19(16)14-17-8-4-2-5-9-17/h2-13H,14-15,22H2,1H3. The summed E-state index contributed by atoms with van der Waals surface area (Å²) in [4.78, 5) is 0. The minimum Gasteiger partial charge on any atom is -0.398 e. The van der Waals surface area contributed by atoms with E-state index in [0.29, 0.717) is 0 Å². The Kier molecular flexibility index (Phi) is 4.24. The lowest BCUT2D eigenvalue weighted by atomic mass is 9.90. The molecule has 0 unspecified atom stereocenters. The number of hydrogen-bond donors (Lipinski definition) is 1. The van der Waals surface area contributed by atoms with Gasteiger partial charge in [-0.15, -0.1) is 0 Å². The van der Waals surface area contributed by atoms with Gasteiger partial charge in [0.1, 0.15) is 0 Å². The molecule has 0 aliphatic rings. The van der Waals surface area contributed by atoms with Crippen LogP contribution < -0.4 is 5.73 Å². The minimum absolute atomic E-state index is 0.885. The van der Waals surface area contributed by atoms with Crippen molar-refractivity contribution in [3.8, 4) is 0 Å². The van der Waals surface area contributed by atoms with Gasteiger partial charge < -0.3 is 5.73 Å². The van der Waals surface area contributed by atoms with Gasteiger partial charge in [-0.05, 0) is 53.6 Å². The van der Waals surface area contributed by atoms with Crippen LogP contribution in [0.4, 0.5) is 5.69 Å². The van der Waals surface area contributed by atoms with Gasteiger partial charge in [-0.2, -0.15) is 0 Å². The summed E-state index contributed by atoms with van der Waals surface area (Å²) in [5.74, 6) is 0. The van der Waals surface area contributed by atoms with Crippen LogP contribution in [0.1, 0.15) is 27.8 Å². The first kappa shape index (κ1) is 14.4. The summed E-state index contributed by atoms with van der Waals surface area (Å²) in [6.07, 6.45) is 1.82. The van der Waals surface area contributed by atoms with Gasteiger partial charge >= 0.3 is 0 Å². The summed E-state index contributed by atoms with van der Waals surface area (Å²) in [7, 11) is 0. The predicted molar refractivity (Wildman–Crippen MR) is 94.1 cm³/mol. The molecule has 2 N–H and O–H groups in total. The predicted octanol–water partition coefficient (Wildman–Crippen LogP) is 4.76. The molecule has 0 aliphatic heterocycles. The zero-order valence-electron chi connectivity index (χ0n) is 12.9. The summed E-state index contributed by atoms with van der Waals surface area (Å²) >= 11 is 0. The number of aryl methyl sites for hydroxylation is 1. The van der Waals surface area contributed by atoms with Crippen LogP contribution in [-0.4, -0.2) is 0 Å². The Morgan fingerprint density at radius 3 is 1.68 bits per heavy atom. The van der Waals surface area contributed by atoms with Crippen molar-refractivity contribution in [3.63, 3.8) is 0 Å². The lowest BCUT2D eigenvalue weighted by Crippen LogP contribution is -2.04. The fraction of sp³-hybridized carbons (Fsp3) is 0.143. The molecular formula is C21H21N. The van der Waals surface area contributed by atoms with E-state index in [0.717, 1.165) is 18.5 Å². The van der Waals surface area contributed by atoms with Crippen LogP contribution in [0, 0.1) is 6.92 Å². The Morgan fingerprint density at radius 1 is 0.636 bits per heavy atom. The molecule has 0 aliphatic carbocycles. The molecule has 0 bridgehead atoms. The van der Waals surface area contributed by atoms with E-state index in [1.165, 1.54) is 27.8 Å². The summed E-state index contributed by atoms with van der Waals surface area (Å²) in [6.45, 7) is 2.17. The molecule has 0 saturated heterocycles. The number of benzene rings is 3. The first-order valence-electron chi connectivity index (χ1n) is 7.68. The monoisotopic (exact) mass is 287 g/mol. The van der Waals surface area contributed by atoms with Crippen LogP contribution in [0.15, 0.2) is 72.8 Å². The summed E-state index contributed by atoms with van der Waals surface area (Å²) in [5.41, 5.74) is 13.7. The van der Waals surface area contributed by atoms with Crippen LogP contribution in [-0.2, 0) is 12.8 Å². The van der Waals surface area contributed by atoms with Gasteiger partial charge in [0.2, 0.25) is 0 Å². The first-order valence-corrected chi connectivity index (χ1v) is 7.68. The summed E-state index contributed by atoms with van der Waals surface area (Å²) in [6, 6.07) is 25.3. The van der Waals surface area contributed by atoms with Crippen molar-refractivity contribution in [3.05, 3.63) is 101 Å². The molecule has 0 amide bonds. The third kappa shape index (κ3) is 3.20. The molecule has 0 atom stereocenters. The molecule has 1 nitrogen and oxygen atoms in total. The highest BCUT2D eigenvalue weighted by Gasteiger charge is 2.11. The number of hydrogen-bond acceptors (Lipinski definition) is 1. The first-order chi connectivity index (χ1) is 10.7. The van der Waals surface area contributed by atoms with Crippen molar-refractivity contribution in [2.75, 3.05) is 5.73 Å². The maximum Gasteiger partial charge on any atom is 0.0353 e. The molecule has 0 saturated carbocycles. The van der Waals surface area contributed by atoms with Crippen molar-refractivity contribution in [2.45, 2.75) is 19.8 Å². The largest absolute Gasteiger partial charge is 0.398 e. The normalized spacial score (nSPS) is 10.6. The molecule has 0 fully saturated rings. The van der Waals surface area contributed by atoms with Gasteiger partial charge in [0.15, 0.2) is 0 Å². The molecule has 3 rings (SSSR count). The summed E-state index contributed by atoms with van der Waals surface area (Å²) < 4.78 is 0. The van der Waals surface area contributed by atoms with Crippen molar-refractivity contribution in [2.24, 2.45) is 0 Å². The molecule has 1 heteroatoms. The maximum absolute atomic E-state index is 6.29. The zero-order chi connectivity index (χ0) is 15.4. The van der Waals surface area contributed by atoms with Crippen LogP contribution >= 0.6 is 0 Å². The number of rotatable bonds is 4. The zero-order valence-corrected chi connectivity index (χ0v) is 12.9. The average molecular weight is 287 g/mol. The third-order valence-electron chi connectivity index (χ3n) is 4.15. The summed E-state index contributed by atoms with van der Waals surface area (Å²) in [5, 5.41) is 0. The van der Waals surface area contributed by atoms with Gasteiger partial charge in [-0.25, -0.2) is 0 Å². The highest BCUT2D eigenvalue weighted by Crippen LogP contribution is 2.26. The van der Waals surface area contributed by atoms with Crippen molar-refractivity contribution >= 4 is 5.69 Å². The Bertz CT molecular complexity index is 679. The van der Waals surface area contributed by atoms with Crippen LogP contribution in [0.25, 0.3) is 0 Å². The van der Waals surface area contributed by atoms with E-state index in [4.69, 9.17) is 5.73 Å². The maximum atomic E-state index is 6.29. The molecular weight excluding hydrogens is 266 g/mol. The van der Waals surface area contributed by atoms with E-state index in [1.54, 1.807) is 0 Å². The highest BCUT2D eigenvalue weighted by molar-refractivity contribution is 5.56. The van der Waals surface area contributed by atoms with Crippen LogP contribution in [0.5, 0.6) is 0 Å². The molecule has 0 aromatic heterocycles. The van der Waals surface area contributed by atoms with Gasteiger partial charge in [0, 0.05) is 5.69 Å². The van der Waals surface area contributed by atoms with Gasteiger partial charge in [0.25, 0.3) is 0 Å². The van der Waals surface area contributed by atoms with Crippen LogP contribution in [0.2, 0.25) is 0 Å². The fourth-order valence-corrected chi connectivity index (χ4v) is 2.88. The van der Waals surface area contributed by atoms with E-state index < -0.39 is 0 Å². The second-order valence-electron chi connectivity index (χ2n) is 5.75. The average Bonchev–Trinajstić information content (AvgIpc) is 2.56. The van der Waals surface area contributed by atoms with Crippen molar-refractivity contribution < 1.29 is 0 Å². The van der Waals surface area contributed by atoms with Crippen LogP contribution in [0.3, 0.4) is 0 Å². The number of anilines is 1. The second kappa shape index (κ2) is 6.48. The lowest BCUT2D eigenvalue weighted by molar-refractivity contribution is 1.07. The Balaban J connectivity index is 1.99. The van der Waals surface area contributed by atoms with Crippen molar-refractivity contribution in [1.29, 1.82) is 0 Å². The van der Waals surface area contributed by atoms with E-state index in [-0.39, 0.29) is 0 Å². The molecule has 22 heavy (non-hydrogen) atoms. The second-order valence-corrected chi connectivity index (χ2v) is 5.75. The highest BCUT2D eigenvalue weighted by atomic mass is 14.6. The third-order valence-corrected chi connectivity index (χ3v) is 4.15. The molecule has 3 aromatic carbocycles. The molecule has 0 radical (unpaired) electrons. The van der Waals surface area contributed by atoms with Gasteiger partial charge in [0.05, 0.1) is 0 Å². The molecule has 0 spiro atoms. The fourth-order valence-electron chi connectivity index (χ4n) is 2.88. The Hall–Kier alpha value is -2.54. The number of nitrogen functional groups attached to an aromatic ring is 1. The number of nitrogens with two attached hydrogens (primary N) is 1. The SMILES string of the molecule is Cc1ccc(N)c(Cc2ccccc2)c1Cc1ccccc1. The Labute approximate surface area is 132 Å². The van der Waals surface area contributed by atoms with E-state index >= 15 is 0 Å². The van der Waals surface area contributed by atoms with Gasteiger partial charge in [-0.1, -0.05) is 66.7 Å². The lowest BCUT2D eigenvalue weighted by Gasteiger charge is -2.16. The molecule has 110 valence electrons. The van der Waals surface area contributed by atoms with E-state index in [2.05, 4.69) is 67.6 Å². The Morgan fingerprint density at radius 2 is 1.14 bits per heavy atom. The smallest absolute Gasteiger partial charge is 0.0353 e.